The smallest absolute Gasteiger partial charge is 0.317 e. The molecule has 7 N–H and O–H groups in total. The number of nitrogens with one attached hydrogen (secondary N) is 1. The van der Waals surface area contributed by atoms with Gasteiger partial charge in [-0.1, -0.05) is 26.0 Å². The first-order valence-electron chi connectivity index (χ1n) is 19.8. The van der Waals surface area contributed by atoms with Gasteiger partial charge in [0.05, 0.1) is 19.1 Å². The maximum absolute atomic E-state index is 12.1. The molecule has 5 aliphatic heterocycles. The van der Waals surface area contributed by atoms with Crippen LogP contribution in [0.25, 0.3) is 0 Å². The predicted octanol–water partition coefficient (Wildman–Crippen LogP) is 2.93. The molecule has 8 rings (SSSR count). The van der Waals surface area contributed by atoms with E-state index in [0.717, 1.165) is 22.4 Å². The number of rotatable bonds is 12. The Morgan fingerprint density at radius 3 is 2.58 bits per heavy atom. The molecule has 0 unspecified atom stereocenters. The number of nitrogens with two attached hydrogens (primary N) is 1. The number of carboxylic acids is 1. The van der Waals surface area contributed by atoms with E-state index < -0.39 is 73.2 Å². The third-order valence-corrected chi connectivity index (χ3v) is 11.5. The molecule has 0 aromatic heterocycles. The number of phenols is 1. The molecule has 3 aromatic rings. The molecule has 17 heteroatoms. The van der Waals surface area contributed by atoms with E-state index in [0.29, 0.717) is 53.9 Å². The number of hydrogen-bond acceptors (Lipinski definition) is 16. The van der Waals surface area contributed by atoms with Gasteiger partial charge in [-0.2, -0.15) is 4.89 Å². The van der Waals surface area contributed by atoms with Crippen LogP contribution >= 0.6 is 0 Å². The van der Waals surface area contributed by atoms with Crippen LogP contribution in [0.2, 0.25) is 0 Å². The van der Waals surface area contributed by atoms with Crippen molar-refractivity contribution >= 4 is 11.9 Å². The topological polar surface area (TPSA) is 236 Å². The quantitative estimate of drug-likeness (QED) is 0.0875. The van der Waals surface area contributed by atoms with Crippen molar-refractivity contribution in [2.45, 2.75) is 93.7 Å². The summed E-state index contributed by atoms with van der Waals surface area (Å²) in [5, 5.41) is 46.1. The number of carboxylic acid groups (broad SMARTS) is 1. The lowest BCUT2D eigenvalue weighted by atomic mass is 9.77. The molecule has 17 nitrogen and oxygen atoms in total. The number of hydrogen-bond donors (Lipinski definition) is 6. The number of esters is 1. The second kappa shape index (κ2) is 16.6. The Labute approximate surface area is 340 Å². The highest BCUT2D eigenvalue weighted by Gasteiger charge is 2.60. The number of carbonyl (C=O) groups is 2. The number of aliphatic hydroxyl groups is 2. The van der Waals surface area contributed by atoms with E-state index in [-0.39, 0.29) is 43.7 Å². The van der Waals surface area contributed by atoms with Crippen molar-refractivity contribution < 1.29 is 72.9 Å². The van der Waals surface area contributed by atoms with Crippen molar-refractivity contribution in [3.63, 3.8) is 0 Å². The van der Waals surface area contributed by atoms with Crippen LogP contribution in [-0.2, 0) is 35.1 Å². The molecule has 1 saturated heterocycles. The number of aromatic hydroxyl groups is 1. The van der Waals surface area contributed by atoms with E-state index in [9.17, 15) is 24.9 Å². The van der Waals surface area contributed by atoms with Gasteiger partial charge in [0.2, 0.25) is 6.79 Å². The maximum Gasteiger partial charge on any atom is 0.317 e. The Morgan fingerprint density at radius 2 is 1.81 bits per heavy atom. The Bertz CT molecular complexity index is 2060. The molecule has 1 spiro atoms. The fourth-order valence-electron chi connectivity index (χ4n) is 8.73. The Balaban J connectivity index is 1.17. The second-order valence-electron chi connectivity index (χ2n) is 16.1. The molecule has 0 aliphatic carbocycles. The third-order valence-electron chi connectivity index (χ3n) is 11.5. The highest BCUT2D eigenvalue weighted by Crippen LogP contribution is 2.58. The minimum Gasteiger partial charge on any atom is -0.508 e. The molecule has 0 amide bonds. The van der Waals surface area contributed by atoms with E-state index in [1.807, 2.05) is 18.2 Å². The van der Waals surface area contributed by atoms with Gasteiger partial charge in [-0.3, -0.25) is 9.59 Å². The van der Waals surface area contributed by atoms with Crippen LogP contribution < -0.4 is 34.9 Å². The van der Waals surface area contributed by atoms with Crippen molar-refractivity contribution in [2.75, 3.05) is 40.2 Å². The lowest BCUT2D eigenvalue weighted by molar-refractivity contribution is -0.422. The number of benzene rings is 3. The number of phenolic OH excluding ortho intramolecular Hbond substituents is 1. The van der Waals surface area contributed by atoms with Gasteiger partial charge in [0.1, 0.15) is 54.7 Å². The molecule has 0 radical (unpaired) electrons. The van der Waals surface area contributed by atoms with Crippen LogP contribution in [0.15, 0.2) is 42.5 Å². The first-order valence-corrected chi connectivity index (χ1v) is 19.8. The van der Waals surface area contributed by atoms with E-state index in [2.05, 4.69) is 19.2 Å². The lowest BCUT2D eigenvalue weighted by Crippen LogP contribution is -2.69. The van der Waals surface area contributed by atoms with Crippen LogP contribution in [-0.4, -0.2) is 109 Å². The molecular formula is C42H50N2O15. The minimum absolute atomic E-state index is 0.0169. The van der Waals surface area contributed by atoms with Gasteiger partial charge in [-0.25, -0.2) is 0 Å². The molecule has 5 heterocycles. The molecule has 0 bridgehead atoms. The Hall–Kier alpha value is -4.88. The summed E-state index contributed by atoms with van der Waals surface area (Å²) < 4.78 is 42.6. The number of ether oxygens (including phenoxy) is 7. The van der Waals surface area contributed by atoms with Crippen molar-refractivity contribution in [3.8, 4) is 34.5 Å². The molecule has 9 atom stereocenters. The highest BCUT2D eigenvalue weighted by atomic mass is 17.2. The molecule has 1 fully saturated rings. The van der Waals surface area contributed by atoms with Gasteiger partial charge < -0.3 is 69.5 Å². The largest absolute Gasteiger partial charge is 0.508 e. The molecule has 3 aromatic carbocycles. The summed E-state index contributed by atoms with van der Waals surface area (Å²) >= 11 is 0. The van der Waals surface area contributed by atoms with E-state index in [4.69, 9.17) is 53.8 Å². The lowest BCUT2D eigenvalue weighted by Gasteiger charge is -2.50. The number of aliphatic carboxylic acids is 1. The van der Waals surface area contributed by atoms with Gasteiger partial charge in [-0.05, 0) is 68.1 Å². The standard InChI is InChI=1S/C42H50N2O15/c1-20(2)9-28-37-26(12-32-39(28)55-19-54-32)29-17-51-30-11-25-24(21-5-4-6-23(45)10-21)7-8-42(59-58-31(25)13-27(30)38(29)57-37)40(50)36(49)33(18-52-35(48)14-34(46)47)56-41(42)53-16-22(43)15-44-3/h4-6,10-13,20,22,24,29,33,36,38,40-41,44-45,49-50H,7-9,14-19,43H2,1-3H3,(H,46,47)/t22-,24-,29-,33+,36+,38+,40-,41+,42+/m0/s1. The Morgan fingerprint density at radius 1 is 1.02 bits per heavy atom. The normalized spacial score (nSPS) is 28.2. The summed E-state index contributed by atoms with van der Waals surface area (Å²) in [6, 6.07) is 11.9. The van der Waals surface area contributed by atoms with Crippen LogP contribution in [0.3, 0.4) is 0 Å². The summed E-state index contributed by atoms with van der Waals surface area (Å²) in [5.41, 5.74) is 8.37. The predicted molar refractivity (Wildman–Crippen MR) is 205 cm³/mol. The Kier molecular flexibility index (Phi) is 11.5. The van der Waals surface area contributed by atoms with Crippen LogP contribution in [0.1, 0.15) is 78.9 Å². The van der Waals surface area contributed by atoms with Crippen LogP contribution in [0, 0.1) is 5.92 Å². The average molecular weight is 823 g/mol. The SMILES string of the molecule is CNC[C@H](N)CO[C@@H]1O[C@H](COC(=O)CC(=O)O)[C@@H](O)[C@H](O)[C@]12CC[C@@H](c1cccc(O)c1)c1cc3c(cc1OO2)[C@H]1Oc2c(cc4c(c2CC(C)C)OCO4)[C@@H]1CO3. The molecule has 59 heavy (non-hydrogen) atoms. The zero-order chi connectivity index (χ0) is 41.6. The average Bonchev–Trinajstić information content (AvgIpc) is 3.82. The maximum atomic E-state index is 12.1. The van der Waals surface area contributed by atoms with Gasteiger partial charge in [0.15, 0.2) is 29.1 Å². The highest BCUT2D eigenvalue weighted by molar-refractivity contribution is 5.90. The first-order chi connectivity index (χ1) is 28.4. The van der Waals surface area contributed by atoms with Crippen LogP contribution in [0.5, 0.6) is 34.5 Å². The van der Waals surface area contributed by atoms with E-state index in [1.165, 1.54) is 0 Å². The summed E-state index contributed by atoms with van der Waals surface area (Å²) in [7, 11) is 1.73. The molecule has 0 saturated carbocycles. The number of likely N-dealkylation sites (N-methyl/N-ethyl adjacent to an activating group) is 1. The summed E-state index contributed by atoms with van der Waals surface area (Å²) in [4.78, 5) is 35.8. The van der Waals surface area contributed by atoms with Gasteiger partial charge >= 0.3 is 11.9 Å². The first kappa shape index (κ1) is 40.9. The zero-order valence-corrected chi connectivity index (χ0v) is 33.0. The number of aliphatic hydroxyl groups excluding tert-OH is 2. The van der Waals surface area contributed by atoms with E-state index >= 15 is 0 Å². The van der Waals surface area contributed by atoms with Crippen molar-refractivity contribution in [2.24, 2.45) is 11.7 Å². The van der Waals surface area contributed by atoms with Gasteiger partial charge in [-0.15, -0.1) is 0 Å². The van der Waals surface area contributed by atoms with E-state index in [1.54, 1.807) is 31.3 Å². The molecule has 318 valence electrons. The fourth-order valence-corrected chi connectivity index (χ4v) is 8.73. The minimum atomic E-state index is -1.89. The summed E-state index contributed by atoms with van der Waals surface area (Å²) in [6.07, 6.45) is -6.68. The second-order valence-corrected chi connectivity index (χ2v) is 16.1. The van der Waals surface area contributed by atoms with Crippen molar-refractivity contribution in [1.82, 2.24) is 5.32 Å². The summed E-state index contributed by atoms with van der Waals surface area (Å²) in [5.74, 6) is 0.174. The zero-order valence-electron chi connectivity index (χ0n) is 33.0. The van der Waals surface area contributed by atoms with Crippen LogP contribution in [0.4, 0.5) is 0 Å². The number of carbonyl (C=O) groups excluding carboxylic acids is 1. The number of fused-ring (bicyclic) bond motifs is 7. The molecular weight excluding hydrogens is 772 g/mol. The van der Waals surface area contributed by atoms with Gasteiger partial charge in [0.25, 0.3) is 0 Å². The summed E-state index contributed by atoms with van der Waals surface area (Å²) in [6.45, 7) is 4.43. The van der Waals surface area contributed by atoms with Crippen molar-refractivity contribution in [1.29, 1.82) is 0 Å². The fraction of sp³-hybridized carbons (Fsp3) is 0.524. The monoisotopic (exact) mass is 822 g/mol. The van der Waals surface area contributed by atoms with Gasteiger partial charge in [0, 0.05) is 40.8 Å². The van der Waals surface area contributed by atoms with Crippen molar-refractivity contribution in [3.05, 3.63) is 70.3 Å². The molecule has 5 aliphatic rings. The third kappa shape index (κ3) is 7.83.